The van der Waals surface area contributed by atoms with Crippen molar-refractivity contribution in [2.45, 2.75) is 0 Å². The molecule has 0 aliphatic carbocycles. The Morgan fingerprint density at radius 3 is 1.33 bits per heavy atom. The van der Waals surface area contributed by atoms with E-state index in [-0.39, 0.29) is 0 Å². The van der Waals surface area contributed by atoms with Gasteiger partial charge in [-0.2, -0.15) is 0 Å². The second-order valence-electron chi connectivity index (χ2n) is 14.6. The van der Waals surface area contributed by atoms with Crippen molar-refractivity contribution in [3.05, 3.63) is 194 Å². The SMILES string of the molecule is c1ccc(-c2nc(-c3cc(-n4c5ccccc5c5ccccc54)cc(-n4c5ccccc5c5ccccc54)c3)cc(-c3ccc4c(c3)sc3ccccc34)n2)cc1. The monoisotopic (exact) mass is 744 g/mol. The minimum atomic E-state index is 0.695. The molecule has 5 heteroatoms. The molecule has 0 spiro atoms. The van der Waals surface area contributed by atoms with Crippen LogP contribution < -0.4 is 0 Å². The third-order valence-corrected chi connectivity index (χ3v) is 12.4. The minimum Gasteiger partial charge on any atom is -0.309 e. The molecule has 266 valence electrons. The van der Waals surface area contributed by atoms with Crippen LogP contribution in [0.3, 0.4) is 0 Å². The molecular formula is C52H32N4S. The highest BCUT2D eigenvalue weighted by atomic mass is 32.1. The van der Waals surface area contributed by atoms with E-state index in [1.54, 1.807) is 0 Å². The van der Waals surface area contributed by atoms with E-state index in [1.165, 1.54) is 41.7 Å². The molecule has 0 saturated heterocycles. The summed E-state index contributed by atoms with van der Waals surface area (Å²) in [5.41, 5.74) is 11.6. The Balaban J connectivity index is 1.15. The molecule has 0 bridgehead atoms. The zero-order chi connectivity index (χ0) is 37.5. The van der Waals surface area contributed by atoms with Gasteiger partial charge in [0.25, 0.3) is 0 Å². The lowest BCUT2D eigenvalue weighted by Crippen LogP contribution is -2.01. The van der Waals surface area contributed by atoms with Crippen LogP contribution in [-0.2, 0) is 0 Å². The van der Waals surface area contributed by atoms with Gasteiger partial charge in [-0.15, -0.1) is 11.3 Å². The molecular weight excluding hydrogens is 713 g/mol. The van der Waals surface area contributed by atoms with E-state index in [0.717, 1.165) is 61.5 Å². The van der Waals surface area contributed by atoms with Crippen LogP contribution >= 0.6 is 11.3 Å². The number of fused-ring (bicyclic) bond motifs is 9. The molecule has 0 aliphatic rings. The third-order valence-electron chi connectivity index (χ3n) is 11.3. The summed E-state index contributed by atoms with van der Waals surface area (Å²) in [5, 5.41) is 7.46. The van der Waals surface area contributed by atoms with Gasteiger partial charge < -0.3 is 9.13 Å². The van der Waals surface area contributed by atoms with Crippen LogP contribution in [0.25, 0.3) is 109 Å². The summed E-state index contributed by atoms with van der Waals surface area (Å²) in [4.78, 5) is 10.6. The van der Waals surface area contributed by atoms with Crippen molar-refractivity contribution in [1.82, 2.24) is 19.1 Å². The smallest absolute Gasteiger partial charge is 0.160 e. The normalized spacial score (nSPS) is 11.9. The van der Waals surface area contributed by atoms with E-state index in [0.29, 0.717) is 5.82 Å². The van der Waals surface area contributed by atoms with Gasteiger partial charge in [0.2, 0.25) is 0 Å². The van der Waals surface area contributed by atoms with Crippen molar-refractivity contribution in [2.75, 3.05) is 0 Å². The van der Waals surface area contributed by atoms with Crippen molar-refractivity contribution in [1.29, 1.82) is 0 Å². The number of para-hydroxylation sites is 4. The number of hydrogen-bond acceptors (Lipinski definition) is 3. The zero-order valence-corrected chi connectivity index (χ0v) is 31.5. The second-order valence-corrected chi connectivity index (χ2v) is 15.7. The molecule has 0 radical (unpaired) electrons. The number of thiophene rings is 1. The fourth-order valence-electron chi connectivity index (χ4n) is 8.75. The Morgan fingerprint density at radius 2 is 0.772 bits per heavy atom. The molecule has 57 heavy (non-hydrogen) atoms. The maximum Gasteiger partial charge on any atom is 0.160 e. The number of hydrogen-bond donors (Lipinski definition) is 0. The van der Waals surface area contributed by atoms with Crippen LogP contribution in [0.15, 0.2) is 194 Å². The van der Waals surface area contributed by atoms with E-state index in [2.05, 4.69) is 197 Å². The zero-order valence-electron chi connectivity index (χ0n) is 30.7. The standard InChI is InChI=1S/C52H32N4S/c1-2-14-33(15-3-1)52-53-44(34-26-27-43-42-20-8-13-25-50(42)57-51(43)30-34)32-45(54-52)35-28-36(55-46-21-9-4-16-38(46)39-17-5-10-22-47(39)55)31-37(29-35)56-48-23-11-6-18-40(48)41-19-7-12-24-49(41)56/h1-32H. The number of aromatic nitrogens is 4. The predicted molar refractivity (Wildman–Crippen MR) is 240 cm³/mol. The van der Waals surface area contributed by atoms with Gasteiger partial charge in [0.15, 0.2) is 5.82 Å². The van der Waals surface area contributed by atoms with Crippen LogP contribution in [-0.4, -0.2) is 19.1 Å². The molecule has 0 amide bonds. The van der Waals surface area contributed by atoms with E-state index >= 15 is 0 Å². The highest BCUT2D eigenvalue weighted by molar-refractivity contribution is 7.25. The highest BCUT2D eigenvalue weighted by Gasteiger charge is 2.19. The molecule has 4 aromatic heterocycles. The summed E-state index contributed by atoms with van der Waals surface area (Å²) in [5.74, 6) is 0.695. The lowest BCUT2D eigenvalue weighted by molar-refractivity contribution is 1.13. The maximum absolute atomic E-state index is 5.36. The first-order valence-electron chi connectivity index (χ1n) is 19.2. The second kappa shape index (κ2) is 12.6. The van der Waals surface area contributed by atoms with Gasteiger partial charge in [-0.05, 0) is 60.7 Å². The summed E-state index contributed by atoms with van der Waals surface area (Å²) >= 11 is 1.83. The van der Waals surface area contributed by atoms with Crippen LogP contribution in [0, 0.1) is 0 Å². The molecule has 0 N–H and O–H groups in total. The van der Waals surface area contributed by atoms with E-state index in [4.69, 9.17) is 9.97 Å². The van der Waals surface area contributed by atoms with Crippen molar-refractivity contribution in [3.8, 4) is 45.3 Å². The quantitative estimate of drug-likeness (QED) is 0.176. The van der Waals surface area contributed by atoms with Crippen LogP contribution in [0.1, 0.15) is 0 Å². The number of nitrogens with zero attached hydrogens (tertiary/aromatic N) is 4. The van der Waals surface area contributed by atoms with Crippen molar-refractivity contribution >= 4 is 75.1 Å². The van der Waals surface area contributed by atoms with Crippen LogP contribution in [0.4, 0.5) is 0 Å². The number of benzene rings is 8. The van der Waals surface area contributed by atoms with Crippen molar-refractivity contribution in [3.63, 3.8) is 0 Å². The molecule has 0 saturated carbocycles. The van der Waals surface area contributed by atoms with E-state index in [1.807, 2.05) is 17.4 Å². The molecule has 0 unspecified atom stereocenters. The van der Waals surface area contributed by atoms with Gasteiger partial charge in [-0.1, -0.05) is 133 Å². The lowest BCUT2D eigenvalue weighted by atomic mass is 10.0. The summed E-state index contributed by atoms with van der Waals surface area (Å²) in [6.45, 7) is 0. The molecule has 4 heterocycles. The minimum absolute atomic E-state index is 0.695. The first kappa shape index (κ1) is 32.0. The molecule has 0 atom stereocenters. The predicted octanol–water partition coefficient (Wildman–Crippen LogP) is 14.0. The maximum atomic E-state index is 5.36. The van der Waals surface area contributed by atoms with Gasteiger partial charge in [0.05, 0.1) is 33.5 Å². The van der Waals surface area contributed by atoms with E-state index in [9.17, 15) is 0 Å². The summed E-state index contributed by atoms with van der Waals surface area (Å²) < 4.78 is 7.34. The van der Waals surface area contributed by atoms with Crippen LogP contribution in [0.5, 0.6) is 0 Å². The molecule has 12 rings (SSSR count). The molecule has 4 nitrogen and oxygen atoms in total. The summed E-state index contributed by atoms with van der Waals surface area (Å²) in [6.07, 6.45) is 0. The first-order valence-corrected chi connectivity index (χ1v) is 20.1. The largest absolute Gasteiger partial charge is 0.309 e. The summed E-state index contributed by atoms with van der Waals surface area (Å²) in [7, 11) is 0. The fraction of sp³-hybridized carbons (Fsp3) is 0. The van der Waals surface area contributed by atoms with Gasteiger partial charge >= 0.3 is 0 Å². The van der Waals surface area contributed by atoms with Crippen LogP contribution in [0.2, 0.25) is 0 Å². The molecule has 0 fully saturated rings. The molecule has 12 aromatic rings. The van der Waals surface area contributed by atoms with Gasteiger partial charge in [-0.3, -0.25) is 0 Å². The van der Waals surface area contributed by atoms with Gasteiger partial charge in [0.1, 0.15) is 0 Å². The number of rotatable bonds is 5. The average molecular weight is 745 g/mol. The Hall–Kier alpha value is -7.34. The van der Waals surface area contributed by atoms with Gasteiger partial charge in [-0.25, -0.2) is 9.97 Å². The molecule has 8 aromatic carbocycles. The van der Waals surface area contributed by atoms with Crippen molar-refractivity contribution in [2.24, 2.45) is 0 Å². The summed E-state index contributed by atoms with van der Waals surface area (Å²) in [6, 6.07) is 69.6. The first-order chi connectivity index (χ1) is 28.2. The Kier molecular flexibility index (Phi) is 7.06. The topological polar surface area (TPSA) is 35.6 Å². The van der Waals surface area contributed by atoms with Crippen molar-refractivity contribution < 1.29 is 0 Å². The average Bonchev–Trinajstić information content (AvgIpc) is 3.94. The fourth-order valence-corrected chi connectivity index (χ4v) is 9.89. The third kappa shape index (κ3) is 5.06. The van der Waals surface area contributed by atoms with Gasteiger partial charge in [0, 0.05) is 69.8 Å². The lowest BCUT2D eigenvalue weighted by Gasteiger charge is -2.16. The Bertz CT molecular complexity index is 3300. The van der Waals surface area contributed by atoms with E-state index < -0.39 is 0 Å². The highest BCUT2D eigenvalue weighted by Crippen LogP contribution is 2.40. The molecule has 0 aliphatic heterocycles. The Morgan fingerprint density at radius 1 is 0.316 bits per heavy atom. The Labute approximate surface area is 332 Å².